The predicted molar refractivity (Wildman–Crippen MR) is 103 cm³/mol. The molecule has 6 rings (SSSR count). The van der Waals surface area contributed by atoms with Crippen LogP contribution >= 0.6 is 0 Å². The van der Waals surface area contributed by atoms with Gasteiger partial charge in [0.15, 0.2) is 11.5 Å². The van der Waals surface area contributed by atoms with Crippen molar-refractivity contribution in [2.45, 2.75) is 47.9 Å². The summed E-state index contributed by atoms with van der Waals surface area (Å²) in [5.74, 6) is 2.91. The van der Waals surface area contributed by atoms with E-state index in [2.05, 4.69) is 17.0 Å². The average molecular weight is 381 g/mol. The highest BCUT2D eigenvalue weighted by molar-refractivity contribution is 7.85. The summed E-state index contributed by atoms with van der Waals surface area (Å²) in [5.41, 5.74) is 2.83. The van der Waals surface area contributed by atoms with Crippen LogP contribution in [0.25, 0.3) is 0 Å². The Labute approximate surface area is 161 Å². The molecule has 140 valence electrons. The van der Waals surface area contributed by atoms with Crippen LogP contribution in [0.3, 0.4) is 0 Å². The Bertz CT molecular complexity index is 915. The van der Waals surface area contributed by atoms with Crippen molar-refractivity contribution in [2.24, 2.45) is 5.92 Å². The standard InChI is InChI=1S/C22H23NO3S/c24-27(15-4-2-1-3-5-15)16-6-7-20-18(9-16)19-12-23(20)11-14-8-21-22(10-17(14)19)26-13-25-21/h1-5,8,10,16,18-20H,6-7,9,11-13H2/t16-,18-,19-,20-,27?/m0/s1. The zero-order valence-electron chi connectivity index (χ0n) is 15.2. The summed E-state index contributed by atoms with van der Waals surface area (Å²) >= 11 is 0. The molecule has 0 amide bonds. The molecular weight excluding hydrogens is 358 g/mol. The fraction of sp³-hybridized carbons (Fsp3) is 0.455. The molecule has 27 heavy (non-hydrogen) atoms. The van der Waals surface area contributed by atoms with Gasteiger partial charge in [-0.15, -0.1) is 0 Å². The molecule has 1 saturated heterocycles. The zero-order chi connectivity index (χ0) is 18.0. The lowest BCUT2D eigenvalue weighted by atomic mass is 9.76. The van der Waals surface area contributed by atoms with Gasteiger partial charge >= 0.3 is 0 Å². The Hall–Kier alpha value is -1.85. The van der Waals surface area contributed by atoms with E-state index in [1.807, 2.05) is 30.3 Å². The first-order chi connectivity index (χ1) is 13.3. The van der Waals surface area contributed by atoms with Gasteiger partial charge in [-0.3, -0.25) is 9.11 Å². The monoisotopic (exact) mass is 381 g/mol. The van der Waals surface area contributed by atoms with Gasteiger partial charge in [0.2, 0.25) is 6.79 Å². The van der Waals surface area contributed by atoms with Gasteiger partial charge in [-0.05, 0) is 60.6 Å². The van der Waals surface area contributed by atoms with Gasteiger partial charge in [0.05, 0.1) is 10.8 Å². The van der Waals surface area contributed by atoms with E-state index in [1.54, 1.807) is 0 Å². The Morgan fingerprint density at radius 1 is 1.04 bits per heavy atom. The van der Waals surface area contributed by atoms with Crippen LogP contribution in [0.15, 0.2) is 47.4 Å². The van der Waals surface area contributed by atoms with Crippen molar-refractivity contribution < 1.29 is 13.7 Å². The minimum Gasteiger partial charge on any atom is -0.454 e. The van der Waals surface area contributed by atoms with Crippen molar-refractivity contribution >= 4 is 10.8 Å². The summed E-state index contributed by atoms with van der Waals surface area (Å²) in [7, 11) is -0.908. The largest absolute Gasteiger partial charge is 0.454 e. The van der Waals surface area contributed by atoms with Gasteiger partial charge in [-0.2, -0.15) is 0 Å². The highest BCUT2D eigenvalue weighted by atomic mass is 32.2. The molecule has 1 aliphatic carbocycles. The third kappa shape index (κ3) is 2.48. The molecule has 2 aromatic rings. The van der Waals surface area contributed by atoms with E-state index in [0.29, 0.717) is 24.7 Å². The molecule has 6 atom stereocenters. The van der Waals surface area contributed by atoms with Crippen molar-refractivity contribution in [2.75, 3.05) is 13.3 Å². The van der Waals surface area contributed by atoms with Crippen LogP contribution in [0.2, 0.25) is 0 Å². The molecule has 0 aromatic heterocycles. The van der Waals surface area contributed by atoms with Crippen LogP contribution in [0.4, 0.5) is 0 Å². The molecule has 4 nitrogen and oxygen atoms in total. The fourth-order valence-corrected chi connectivity index (χ4v) is 7.27. The van der Waals surface area contributed by atoms with Crippen LogP contribution in [0, 0.1) is 5.92 Å². The minimum absolute atomic E-state index is 0.270. The third-order valence-corrected chi connectivity index (χ3v) is 8.69. The maximum absolute atomic E-state index is 13.1. The summed E-state index contributed by atoms with van der Waals surface area (Å²) in [5, 5.41) is 0.270. The van der Waals surface area contributed by atoms with E-state index in [1.165, 1.54) is 11.1 Å². The first-order valence-corrected chi connectivity index (χ1v) is 11.1. The minimum atomic E-state index is -0.908. The highest BCUT2D eigenvalue weighted by Gasteiger charge is 2.49. The van der Waals surface area contributed by atoms with E-state index in [9.17, 15) is 4.21 Å². The van der Waals surface area contributed by atoms with Crippen molar-refractivity contribution in [3.05, 3.63) is 53.6 Å². The highest BCUT2D eigenvalue weighted by Crippen LogP contribution is 2.52. The van der Waals surface area contributed by atoms with Gasteiger partial charge < -0.3 is 9.47 Å². The Morgan fingerprint density at radius 3 is 2.70 bits per heavy atom. The van der Waals surface area contributed by atoms with Gasteiger partial charge in [-0.1, -0.05) is 18.2 Å². The number of rotatable bonds is 2. The SMILES string of the molecule is O=S(c1ccccc1)[C@H]1CC[C@H]2[C@@H](C1)[C@H]1CN2Cc2cc3c(cc21)OCO3. The average Bonchev–Trinajstić information content (AvgIpc) is 3.29. The molecule has 0 N–H and O–H groups in total. The summed E-state index contributed by atoms with van der Waals surface area (Å²) in [6, 6.07) is 15.0. The van der Waals surface area contributed by atoms with Gasteiger partial charge in [-0.25, -0.2) is 0 Å². The molecule has 3 aliphatic heterocycles. The molecule has 2 fully saturated rings. The molecule has 0 spiro atoms. The van der Waals surface area contributed by atoms with E-state index in [0.717, 1.165) is 48.7 Å². The van der Waals surface area contributed by atoms with Crippen molar-refractivity contribution in [3.63, 3.8) is 0 Å². The number of benzene rings is 2. The van der Waals surface area contributed by atoms with Crippen molar-refractivity contribution in [1.82, 2.24) is 4.90 Å². The smallest absolute Gasteiger partial charge is 0.231 e. The Balaban J connectivity index is 1.31. The summed E-state index contributed by atoms with van der Waals surface area (Å²) in [4.78, 5) is 3.63. The second kappa shape index (κ2) is 6.08. The topological polar surface area (TPSA) is 38.8 Å². The van der Waals surface area contributed by atoms with Crippen molar-refractivity contribution in [3.8, 4) is 11.5 Å². The normalized spacial score (nSPS) is 34.0. The number of hydrogen-bond acceptors (Lipinski definition) is 4. The van der Waals surface area contributed by atoms with E-state index in [4.69, 9.17) is 9.47 Å². The molecular formula is C22H23NO3S. The van der Waals surface area contributed by atoms with Crippen LogP contribution in [0.1, 0.15) is 36.3 Å². The van der Waals surface area contributed by atoms with Crippen LogP contribution in [-0.2, 0) is 17.3 Å². The van der Waals surface area contributed by atoms with Gasteiger partial charge in [0.25, 0.3) is 0 Å². The van der Waals surface area contributed by atoms with Crippen LogP contribution < -0.4 is 9.47 Å². The molecule has 2 aromatic carbocycles. The fourth-order valence-electron chi connectivity index (χ4n) is 5.71. The van der Waals surface area contributed by atoms with E-state index >= 15 is 0 Å². The second-order valence-corrected chi connectivity index (χ2v) is 9.95. The number of ether oxygens (including phenoxy) is 2. The number of hydrogen-bond donors (Lipinski definition) is 0. The summed E-state index contributed by atoms with van der Waals surface area (Å²) < 4.78 is 24.4. The molecule has 2 bridgehead atoms. The first-order valence-electron chi connectivity index (χ1n) is 9.90. The van der Waals surface area contributed by atoms with Crippen LogP contribution in [0.5, 0.6) is 11.5 Å². The van der Waals surface area contributed by atoms with Crippen molar-refractivity contribution in [1.29, 1.82) is 0 Å². The van der Waals surface area contributed by atoms with Gasteiger partial charge in [0.1, 0.15) is 0 Å². The quantitative estimate of drug-likeness (QED) is 0.796. The number of nitrogens with zero attached hydrogens (tertiary/aromatic N) is 1. The number of fused-ring (bicyclic) bond motifs is 8. The molecule has 3 heterocycles. The molecule has 0 radical (unpaired) electrons. The molecule has 4 aliphatic rings. The summed E-state index contributed by atoms with van der Waals surface area (Å²) in [6.07, 6.45) is 3.28. The predicted octanol–water partition coefficient (Wildman–Crippen LogP) is 3.67. The Kier molecular flexibility index (Phi) is 3.63. The zero-order valence-corrected chi connectivity index (χ0v) is 16.0. The van der Waals surface area contributed by atoms with E-state index < -0.39 is 10.8 Å². The Morgan fingerprint density at radius 2 is 1.85 bits per heavy atom. The maximum atomic E-state index is 13.1. The lowest BCUT2D eigenvalue weighted by Crippen LogP contribution is -2.38. The molecule has 1 saturated carbocycles. The lowest BCUT2D eigenvalue weighted by molar-refractivity contribution is 0.173. The third-order valence-electron chi connectivity index (χ3n) is 6.92. The second-order valence-electron chi connectivity index (χ2n) is 8.22. The van der Waals surface area contributed by atoms with E-state index in [-0.39, 0.29) is 5.25 Å². The molecule has 2 unspecified atom stereocenters. The van der Waals surface area contributed by atoms with Gasteiger partial charge in [0, 0.05) is 35.2 Å². The maximum Gasteiger partial charge on any atom is 0.231 e. The lowest BCUT2D eigenvalue weighted by Gasteiger charge is -2.35. The summed E-state index contributed by atoms with van der Waals surface area (Å²) in [6.45, 7) is 2.47. The first kappa shape index (κ1) is 16.1. The van der Waals surface area contributed by atoms with Crippen LogP contribution in [-0.4, -0.2) is 33.7 Å². The molecule has 5 heteroatoms.